The molecule has 216 valence electrons. The zero-order valence-corrected chi connectivity index (χ0v) is 27.7. The Morgan fingerprint density at radius 1 is 1.00 bits per heavy atom. The fourth-order valence-electron chi connectivity index (χ4n) is 11.4. The minimum absolute atomic E-state index is 0. The second kappa shape index (κ2) is 10.4. The van der Waals surface area contributed by atoms with Crippen LogP contribution in [0.1, 0.15) is 105 Å². The largest absolute Gasteiger partial charge is 1.00 e. The summed E-state index contributed by atoms with van der Waals surface area (Å²) in [6, 6.07) is 0. The van der Waals surface area contributed by atoms with Gasteiger partial charge in [-0.1, -0.05) is 34.6 Å². The van der Waals surface area contributed by atoms with Gasteiger partial charge in [0.1, 0.15) is 11.6 Å². The molecular weight excluding hydrogens is 527 g/mol. The van der Waals surface area contributed by atoms with Gasteiger partial charge in [0.2, 0.25) is 10.4 Å². The van der Waals surface area contributed by atoms with Gasteiger partial charge >= 0.3 is 29.6 Å². The van der Waals surface area contributed by atoms with Crippen LogP contribution in [0.4, 0.5) is 0 Å². The molecule has 2 spiro atoms. The van der Waals surface area contributed by atoms with Crippen LogP contribution in [0.5, 0.6) is 0 Å². The third-order valence-corrected chi connectivity index (χ3v) is 13.6. The fraction of sp³-hybridized carbons (Fsp3) is 0.933. The summed E-state index contributed by atoms with van der Waals surface area (Å²) in [6.45, 7) is 10.5. The summed E-state index contributed by atoms with van der Waals surface area (Å²) in [7, 11) is -4.96. The van der Waals surface area contributed by atoms with Crippen LogP contribution in [0.3, 0.4) is 0 Å². The Labute approximate surface area is 257 Å². The molecule has 0 amide bonds. The molecule has 0 radical (unpaired) electrons. The first-order valence-corrected chi connectivity index (χ1v) is 16.2. The van der Waals surface area contributed by atoms with Crippen molar-refractivity contribution in [1.82, 2.24) is 0 Å². The molecule has 5 rings (SSSR count). The first kappa shape index (κ1) is 32.1. The third-order valence-electron chi connectivity index (χ3n) is 13.2. The predicted molar refractivity (Wildman–Crippen MR) is 142 cm³/mol. The van der Waals surface area contributed by atoms with Crippen molar-refractivity contribution in [3.8, 4) is 0 Å². The van der Waals surface area contributed by atoms with E-state index in [2.05, 4.69) is 38.8 Å². The number of carbonyl (C=O) groups is 2. The molecule has 7 nitrogen and oxygen atoms in total. The maximum absolute atomic E-state index is 13.2. The minimum atomic E-state index is -4.96. The summed E-state index contributed by atoms with van der Waals surface area (Å²) in [6.07, 6.45) is 9.63. The normalized spacial score (nSPS) is 45.4. The van der Waals surface area contributed by atoms with Crippen LogP contribution in [0.15, 0.2) is 0 Å². The third kappa shape index (κ3) is 4.60. The molecule has 0 aliphatic heterocycles. The molecule has 0 heterocycles. The smallest absolute Gasteiger partial charge is 0.726 e. The average Bonchev–Trinajstić information content (AvgIpc) is 3.40. The van der Waals surface area contributed by atoms with Gasteiger partial charge in [0.25, 0.3) is 0 Å². The van der Waals surface area contributed by atoms with E-state index in [1.807, 2.05) is 0 Å². The van der Waals surface area contributed by atoms with Crippen LogP contribution in [0, 0.1) is 56.7 Å². The number of hydrogen-bond acceptors (Lipinski definition) is 7. The van der Waals surface area contributed by atoms with E-state index in [0.29, 0.717) is 48.7 Å². The molecular formula is C30H47NaO7S. The van der Waals surface area contributed by atoms with E-state index in [0.717, 1.165) is 51.4 Å². The van der Waals surface area contributed by atoms with Gasteiger partial charge in [-0.3, -0.25) is 13.8 Å². The topological polar surface area (TPSA) is 121 Å². The Hall–Kier alpha value is 0.170. The van der Waals surface area contributed by atoms with E-state index in [-0.39, 0.29) is 62.9 Å². The Bertz CT molecular complexity index is 1110. The van der Waals surface area contributed by atoms with Crippen LogP contribution in [0.2, 0.25) is 0 Å². The van der Waals surface area contributed by atoms with Gasteiger partial charge in [0, 0.05) is 19.3 Å². The molecule has 39 heavy (non-hydrogen) atoms. The molecule has 0 unspecified atom stereocenters. The number of rotatable bonds is 9. The van der Waals surface area contributed by atoms with Crippen molar-refractivity contribution in [2.45, 2.75) is 105 Å². The monoisotopic (exact) mass is 574 g/mol. The van der Waals surface area contributed by atoms with E-state index < -0.39 is 29.0 Å². The molecule has 0 saturated heterocycles. The van der Waals surface area contributed by atoms with Crippen LogP contribution in [-0.2, 0) is 24.2 Å². The summed E-state index contributed by atoms with van der Waals surface area (Å²) in [5, 5.41) is 10.5. The Balaban J connectivity index is 0.00000353. The summed E-state index contributed by atoms with van der Waals surface area (Å²) in [4.78, 5) is 26.0. The molecule has 5 aliphatic carbocycles. The van der Waals surface area contributed by atoms with Gasteiger partial charge in [-0.2, -0.15) is 0 Å². The van der Waals surface area contributed by atoms with E-state index in [9.17, 15) is 27.7 Å². The SMILES string of the molecule is CC(C)CC(=O)C[C@@H](C)[C@H]1CC[C@@]2(C)[C@@H]3CC[C@H]4[C@](CO)(COS(=O)(=O)[O-])C(=O)CC[C@@]45C[C@@]35CC[C@]12C.[Na+]. The molecule has 0 aromatic rings. The molecule has 9 heteroatoms. The van der Waals surface area contributed by atoms with Gasteiger partial charge in [0.05, 0.1) is 18.6 Å². The number of fused-ring (bicyclic) bond motifs is 2. The van der Waals surface area contributed by atoms with Crippen molar-refractivity contribution < 1.29 is 61.4 Å². The first-order chi connectivity index (χ1) is 17.6. The van der Waals surface area contributed by atoms with Crippen LogP contribution >= 0.6 is 0 Å². The van der Waals surface area contributed by atoms with Gasteiger partial charge in [-0.05, 0) is 103 Å². The zero-order valence-electron chi connectivity index (χ0n) is 24.9. The van der Waals surface area contributed by atoms with Crippen molar-refractivity contribution in [2.75, 3.05) is 13.2 Å². The van der Waals surface area contributed by atoms with Crippen molar-refractivity contribution in [3.05, 3.63) is 0 Å². The molecule has 9 atom stereocenters. The minimum Gasteiger partial charge on any atom is -0.726 e. The number of hydrogen-bond donors (Lipinski definition) is 1. The Kier molecular flexibility index (Phi) is 8.57. The first-order valence-electron chi connectivity index (χ1n) is 14.9. The predicted octanol–water partition coefficient (Wildman–Crippen LogP) is 2.07. The number of Topliss-reactive ketones (excluding diaryl/α,β-unsaturated/α-hetero) is 2. The molecule has 5 saturated carbocycles. The summed E-state index contributed by atoms with van der Waals surface area (Å²) < 4.78 is 38.7. The van der Waals surface area contributed by atoms with Crippen molar-refractivity contribution in [3.63, 3.8) is 0 Å². The second-order valence-electron chi connectivity index (χ2n) is 14.9. The number of aliphatic hydroxyl groups excluding tert-OH is 1. The van der Waals surface area contributed by atoms with Gasteiger partial charge in [-0.15, -0.1) is 0 Å². The van der Waals surface area contributed by atoms with E-state index in [1.165, 1.54) is 0 Å². The van der Waals surface area contributed by atoms with Crippen molar-refractivity contribution in [2.24, 2.45) is 56.7 Å². The Morgan fingerprint density at radius 2 is 1.64 bits per heavy atom. The van der Waals surface area contributed by atoms with Crippen LogP contribution in [0.25, 0.3) is 0 Å². The number of ketones is 2. The van der Waals surface area contributed by atoms with Crippen LogP contribution < -0.4 is 29.6 Å². The molecule has 5 aliphatic rings. The maximum atomic E-state index is 13.2. The maximum Gasteiger partial charge on any atom is 1.00 e. The summed E-state index contributed by atoms with van der Waals surface area (Å²) >= 11 is 0. The van der Waals surface area contributed by atoms with Gasteiger partial charge in [-0.25, -0.2) is 8.42 Å². The molecule has 5 fully saturated rings. The molecule has 1 N–H and O–H groups in total. The van der Waals surface area contributed by atoms with E-state index >= 15 is 0 Å². The second-order valence-corrected chi connectivity index (χ2v) is 15.9. The zero-order chi connectivity index (χ0) is 27.9. The van der Waals surface area contributed by atoms with Crippen molar-refractivity contribution in [1.29, 1.82) is 0 Å². The quantitative estimate of drug-likeness (QED) is 0.254. The number of carbonyl (C=O) groups excluding carboxylic acids is 2. The van der Waals surface area contributed by atoms with Gasteiger partial charge < -0.3 is 9.66 Å². The summed E-state index contributed by atoms with van der Waals surface area (Å²) in [5.74, 6) is 1.86. The number of aliphatic hydroxyl groups is 1. The summed E-state index contributed by atoms with van der Waals surface area (Å²) in [5.41, 5.74) is -0.986. The standard InChI is InChI=1S/C30H48O7S.Na/c1-19(2)14-21(32)15-20(3)22-8-10-27(5)23-6-7-24-28(17-31,18-37-38(34,35)36)25(33)9-11-29(24)16-30(23,29)13-12-26(22,27)4;/h19-20,22-24,31H,6-18H2,1-5H3,(H,34,35,36);/q;+1/p-1/t20-,22-,23+,24+,26-,27+,28+,29-,30+;/m1./s1. The molecule has 0 bridgehead atoms. The Morgan fingerprint density at radius 3 is 2.26 bits per heavy atom. The van der Waals surface area contributed by atoms with E-state index in [4.69, 9.17) is 0 Å². The van der Waals surface area contributed by atoms with Crippen molar-refractivity contribution >= 4 is 22.0 Å². The fourth-order valence-corrected chi connectivity index (χ4v) is 11.8. The molecule has 0 aromatic carbocycles. The average molecular weight is 575 g/mol. The van der Waals surface area contributed by atoms with E-state index in [1.54, 1.807) is 0 Å². The van der Waals surface area contributed by atoms with Crippen LogP contribution in [-0.4, -0.2) is 42.9 Å². The molecule has 0 aromatic heterocycles. The van der Waals surface area contributed by atoms with Gasteiger partial charge in [0.15, 0.2) is 0 Å².